The molecular weight excluding hydrogens is 315 g/mol. The van der Waals surface area contributed by atoms with E-state index in [2.05, 4.69) is 39.3 Å². The highest BCUT2D eigenvalue weighted by atomic mass is 127. The molecule has 0 fully saturated rings. The first-order valence-corrected chi connectivity index (χ1v) is 6.48. The van der Waals surface area contributed by atoms with E-state index >= 15 is 0 Å². The molecule has 2 N–H and O–H groups in total. The molecule has 0 heterocycles. The van der Waals surface area contributed by atoms with Gasteiger partial charge in [-0.3, -0.25) is 4.79 Å². The number of aryl methyl sites for hydroxylation is 1. The molecule has 4 heteroatoms. The van der Waals surface area contributed by atoms with Crippen LogP contribution >= 0.6 is 22.6 Å². The first kappa shape index (κ1) is 13.4. The van der Waals surface area contributed by atoms with Gasteiger partial charge < -0.3 is 10.6 Å². The second kappa shape index (κ2) is 6.85. The van der Waals surface area contributed by atoms with Crippen molar-refractivity contribution in [2.75, 3.05) is 18.4 Å². The number of carbonyl (C=O) groups excluding carboxylic acids is 1. The van der Waals surface area contributed by atoms with E-state index in [9.17, 15) is 4.79 Å². The molecular formula is C12H17IN2O. The molecule has 0 spiro atoms. The van der Waals surface area contributed by atoms with E-state index in [4.69, 9.17) is 0 Å². The summed E-state index contributed by atoms with van der Waals surface area (Å²) in [6.45, 7) is 5.66. The highest BCUT2D eigenvalue weighted by Gasteiger charge is 2.04. The summed E-state index contributed by atoms with van der Waals surface area (Å²) in [5, 5.41) is 6.04. The van der Waals surface area contributed by atoms with Crippen molar-refractivity contribution in [3.05, 3.63) is 27.3 Å². The lowest BCUT2D eigenvalue weighted by atomic mass is 10.2. The van der Waals surface area contributed by atoms with Gasteiger partial charge in [-0.15, -0.1) is 0 Å². The molecule has 0 saturated heterocycles. The summed E-state index contributed by atoms with van der Waals surface area (Å²) >= 11 is 2.26. The lowest BCUT2D eigenvalue weighted by molar-refractivity contribution is -0.116. The van der Waals surface area contributed by atoms with Crippen LogP contribution in [0.2, 0.25) is 0 Å². The Morgan fingerprint density at radius 3 is 2.81 bits per heavy atom. The van der Waals surface area contributed by atoms with Gasteiger partial charge in [-0.05, 0) is 59.8 Å². The summed E-state index contributed by atoms with van der Waals surface area (Å²) in [5.41, 5.74) is 2.01. The summed E-state index contributed by atoms with van der Waals surface area (Å²) in [5.74, 6) is 0.0604. The molecule has 0 atom stereocenters. The van der Waals surface area contributed by atoms with Gasteiger partial charge in [0.15, 0.2) is 0 Å². The van der Waals surface area contributed by atoms with Gasteiger partial charge in [0, 0.05) is 22.2 Å². The quantitative estimate of drug-likeness (QED) is 0.643. The SMILES string of the molecule is CCNCCC(=O)Nc1ccc(I)cc1C. The standard InChI is InChI=1S/C12H17IN2O/c1-3-14-7-6-12(16)15-11-5-4-10(13)8-9(11)2/h4-5,8,14H,3,6-7H2,1-2H3,(H,15,16). The third-order valence-electron chi connectivity index (χ3n) is 2.24. The number of hydrogen-bond acceptors (Lipinski definition) is 2. The fraction of sp³-hybridized carbons (Fsp3) is 0.417. The van der Waals surface area contributed by atoms with Crippen LogP contribution in [0.5, 0.6) is 0 Å². The fourth-order valence-corrected chi connectivity index (χ4v) is 2.01. The Morgan fingerprint density at radius 2 is 2.19 bits per heavy atom. The monoisotopic (exact) mass is 332 g/mol. The minimum absolute atomic E-state index is 0.0604. The zero-order chi connectivity index (χ0) is 12.0. The largest absolute Gasteiger partial charge is 0.326 e. The molecule has 0 saturated carbocycles. The average molecular weight is 332 g/mol. The Balaban J connectivity index is 2.49. The number of anilines is 1. The van der Waals surface area contributed by atoms with Crippen LogP contribution in [0.3, 0.4) is 0 Å². The second-order valence-electron chi connectivity index (χ2n) is 3.61. The molecule has 0 aromatic heterocycles. The number of amides is 1. The van der Waals surface area contributed by atoms with Crippen LogP contribution in [-0.2, 0) is 4.79 Å². The highest BCUT2D eigenvalue weighted by Crippen LogP contribution is 2.17. The summed E-state index contributed by atoms with van der Waals surface area (Å²) < 4.78 is 1.18. The maximum Gasteiger partial charge on any atom is 0.225 e. The fourth-order valence-electron chi connectivity index (χ4n) is 1.36. The third-order valence-corrected chi connectivity index (χ3v) is 2.91. The summed E-state index contributed by atoms with van der Waals surface area (Å²) in [4.78, 5) is 11.6. The predicted octanol–water partition coefficient (Wildman–Crippen LogP) is 2.54. The van der Waals surface area contributed by atoms with Crippen LogP contribution in [0.25, 0.3) is 0 Å². The van der Waals surface area contributed by atoms with Crippen LogP contribution in [-0.4, -0.2) is 19.0 Å². The summed E-state index contributed by atoms with van der Waals surface area (Å²) in [6, 6.07) is 6.00. The van der Waals surface area contributed by atoms with Crippen LogP contribution in [0.1, 0.15) is 18.9 Å². The van der Waals surface area contributed by atoms with Gasteiger partial charge in [-0.1, -0.05) is 6.92 Å². The van der Waals surface area contributed by atoms with E-state index in [1.807, 2.05) is 26.0 Å². The van der Waals surface area contributed by atoms with Crippen molar-refractivity contribution in [1.29, 1.82) is 0 Å². The molecule has 0 bridgehead atoms. The van der Waals surface area contributed by atoms with E-state index in [1.54, 1.807) is 0 Å². The van der Waals surface area contributed by atoms with Crippen molar-refractivity contribution in [3.63, 3.8) is 0 Å². The van der Waals surface area contributed by atoms with Crippen LogP contribution < -0.4 is 10.6 Å². The highest BCUT2D eigenvalue weighted by molar-refractivity contribution is 14.1. The van der Waals surface area contributed by atoms with E-state index < -0.39 is 0 Å². The molecule has 3 nitrogen and oxygen atoms in total. The van der Waals surface area contributed by atoms with E-state index in [0.29, 0.717) is 6.42 Å². The molecule has 1 rings (SSSR count). The Morgan fingerprint density at radius 1 is 1.44 bits per heavy atom. The van der Waals surface area contributed by atoms with Gasteiger partial charge >= 0.3 is 0 Å². The first-order valence-electron chi connectivity index (χ1n) is 5.40. The van der Waals surface area contributed by atoms with Crippen molar-refractivity contribution < 1.29 is 4.79 Å². The molecule has 1 aromatic rings. The van der Waals surface area contributed by atoms with Gasteiger partial charge in [0.25, 0.3) is 0 Å². The minimum Gasteiger partial charge on any atom is -0.326 e. The van der Waals surface area contributed by atoms with Crippen LogP contribution in [0, 0.1) is 10.5 Å². The predicted molar refractivity (Wildman–Crippen MR) is 75.7 cm³/mol. The van der Waals surface area contributed by atoms with Gasteiger partial charge in [0.05, 0.1) is 0 Å². The van der Waals surface area contributed by atoms with E-state index in [1.165, 1.54) is 3.57 Å². The topological polar surface area (TPSA) is 41.1 Å². The molecule has 1 amide bonds. The summed E-state index contributed by atoms with van der Waals surface area (Å²) in [7, 11) is 0. The van der Waals surface area contributed by atoms with Gasteiger partial charge in [-0.25, -0.2) is 0 Å². The van der Waals surface area contributed by atoms with Crippen molar-refractivity contribution in [1.82, 2.24) is 5.32 Å². The number of carbonyl (C=O) groups is 1. The maximum absolute atomic E-state index is 11.6. The lowest BCUT2D eigenvalue weighted by Crippen LogP contribution is -2.21. The van der Waals surface area contributed by atoms with Crippen LogP contribution in [0.4, 0.5) is 5.69 Å². The second-order valence-corrected chi connectivity index (χ2v) is 4.86. The smallest absolute Gasteiger partial charge is 0.225 e. The minimum atomic E-state index is 0.0604. The van der Waals surface area contributed by atoms with Crippen molar-refractivity contribution in [2.24, 2.45) is 0 Å². The Hall–Kier alpha value is -0.620. The molecule has 0 unspecified atom stereocenters. The van der Waals surface area contributed by atoms with Gasteiger partial charge in [-0.2, -0.15) is 0 Å². The maximum atomic E-state index is 11.6. The summed E-state index contributed by atoms with van der Waals surface area (Å²) in [6.07, 6.45) is 0.513. The molecule has 0 aliphatic heterocycles. The Kier molecular flexibility index (Phi) is 5.76. The van der Waals surface area contributed by atoms with Crippen LogP contribution in [0.15, 0.2) is 18.2 Å². The zero-order valence-corrected chi connectivity index (χ0v) is 11.8. The first-order chi connectivity index (χ1) is 7.63. The van der Waals surface area contributed by atoms with Gasteiger partial charge in [0.1, 0.15) is 0 Å². The van der Waals surface area contributed by atoms with Crippen molar-refractivity contribution in [3.8, 4) is 0 Å². The molecule has 16 heavy (non-hydrogen) atoms. The van der Waals surface area contributed by atoms with E-state index in [0.717, 1.165) is 24.3 Å². The molecule has 88 valence electrons. The number of hydrogen-bond donors (Lipinski definition) is 2. The molecule has 1 aromatic carbocycles. The molecule has 0 aliphatic carbocycles. The average Bonchev–Trinajstić information content (AvgIpc) is 2.23. The van der Waals surface area contributed by atoms with E-state index in [-0.39, 0.29) is 5.91 Å². The third kappa shape index (κ3) is 4.49. The van der Waals surface area contributed by atoms with Crippen molar-refractivity contribution in [2.45, 2.75) is 20.3 Å². The number of halogens is 1. The Bertz CT molecular complexity index is 366. The molecule has 0 radical (unpaired) electrons. The lowest BCUT2D eigenvalue weighted by Gasteiger charge is -2.08. The van der Waals surface area contributed by atoms with Gasteiger partial charge in [0.2, 0.25) is 5.91 Å². The Labute approximate surface area is 110 Å². The number of nitrogens with one attached hydrogen (secondary N) is 2. The normalized spacial score (nSPS) is 10.2. The molecule has 0 aliphatic rings. The number of benzene rings is 1. The zero-order valence-electron chi connectivity index (χ0n) is 9.64. The van der Waals surface area contributed by atoms with Crippen molar-refractivity contribution >= 4 is 34.2 Å². The number of rotatable bonds is 5.